The van der Waals surface area contributed by atoms with Crippen LogP contribution >= 0.6 is 0 Å². The summed E-state index contributed by atoms with van der Waals surface area (Å²) >= 11 is 0. The van der Waals surface area contributed by atoms with E-state index < -0.39 is 11.4 Å². The predicted molar refractivity (Wildman–Crippen MR) is 161 cm³/mol. The second-order valence-electron chi connectivity index (χ2n) is 12.0. The first-order valence-corrected chi connectivity index (χ1v) is 14.3. The molecule has 1 heterocycles. The van der Waals surface area contributed by atoms with Crippen LogP contribution in [0.5, 0.6) is 0 Å². The van der Waals surface area contributed by atoms with Gasteiger partial charge in [-0.05, 0) is 88.2 Å². The molecule has 2 N–H and O–H groups in total. The fourth-order valence-corrected chi connectivity index (χ4v) is 5.77. The zero-order valence-corrected chi connectivity index (χ0v) is 24.4. The van der Waals surface area contributed by atoms with Gasteiger partial charge in [-0.2, -0.15) is 0 Å². The number of benzene rings is 3. The molecule has 1 fully saturated rings. The number of nitrogens with zero attached hydrogens (tertiary/aromatic N) is 1. The van der Waals surface area contributed by atoms with E-state index in [0.717, 1.165) is 38.0 Å². The van der Waals surface area contributed by atoms with Crippen molar-refractivity contribution in [3.05, 3.63) is 108 Å². The summed E-state index contributed by atoms with van der Waals surface area (Å²) < 4.78 is 0. The molecule has 0 saturated carbocycles. The second-order valence-corrected chi connectivity index (χ2v) is 12.0. The third-order valence-corrected chi connectivity index (χ3v) is 9.00. The molecule has 0 amide bonds. The minimum absolute atomic E-state index is 0.00121. The Bertz CT molecular complexity index is 1090. The molecule has 0 radical (unpaired) electrons. The highest BCUT2D eigenvalue weighted by Crippen LogP contribution is 2.52. The van der Waals surface area contributed by atoms with Crippen LogP contribution in [-0.4, -0.2) is 46.8 Å². The van der Waals surface area contributed by atoms with Gasteiger partial charge in [-0.25, -0.2) is 0 Å². The molecule has 0 aliphatic carbocycles. The standard InChI is InChI=1S/C25H35NO.C10H12O2/c1-21(27)11-10-18-26-19-16-24(2,17-20-26)25(3,22-12-6-4-7-13-22)23-14-8-5-9-15-23;1-10(2,9(11)12)8-6-4-3-5-7-8/h4-9,12-15,21,27H,10-11,16-20H2,1-3H3;3-7H,1-2H3,(H,11,12). The van der Waals surface area contributed by atoms with E-state index in [4.69, 9.17) is 5.11 Å². The number of hydrogen-bond acceptors (Lipinski definition) is 3. The summed E-state index contributed by atoms with van der Waals surface area (Å²) in [5.74, 6) is -0.797. The van der Waals surface area contributed by atoms with Gasteiger partial charge >= 0.3 is 5.97 Å². The lowest BCUT2D eigenvalue weighted by Gasteiger charge is -2.52. The van der Waals surface area contributed by atoms with Crippen LogP contribution in [0, 0.1) is 5.41 Å². The number of aliphatic hydroxyl groups is 1. The van der Waals surface area contributed by atoms with Crippen LogP contribution in [0.3, 0.4) is 0 Å². The van der Waals surface area contributed by atoms with E-state index in [1.165, 1.54) is 24.0 Å². The highest BCUT2D eigenvalue weighted by atomic mass is 16.4. The molecule has 1 aliphatic rings. The number of aliphatic carboxylic acids is 1. The van der Waals surface area contributed by atoms with Gasteiger partial charge in [-0.1, -0.05) is 105 Å². The molecular formula is C35H47NO3. The van der Waals surface area contributed by atoms with Gasteiger partial charge in [0.05, 0.1) is 11.5 Å². The quantitative estimate of drug-likeness (QED) is 0.305. The van der Waals surface area contributed by atoms with Gasteiger partial charge in [0.2, 0.25) is 0 Å². The first-order chi connectivity index (χ1) is 18.5. The van der Waals surface area contributed by atoms with Crippen molar-refractivity contribution in [2.45, 2.75) is 77.2 Å². The molecule has 39 heavy (non-hydrogen) atoms. The minimum Gasteiger partial charge on any atom is -0.481 e. The smallest absolute Gasteiger partial charge is 0.313 e. The highest BCUT2D eigenvalue weighted by molar-refractivity contribution is 5.80. The summed E-state index contributed by atoms with van der Waals surface area (Å²) in [7, 11) is 0. The molecule has 1 unspecified atom stereocenters. The number of rotatable bonds is 9. The van der Waals surface area contributed by atoms with E-state index in [2.05, 4.69) is 79.4 Å². The Hall–Kier alpha value is -2.95. The highest BCUT2D eigenvalue weighted by Gasteiger charge is 2.48. The zero-order valence-electron chi connectivity index (χ0n) is 24.4. The van der Waals surface area contributed by atoms with Crippen molar-refractivity contribution in [2.75, 3.05) is 19.6 Å². The van der Waals surface area contributed by atoms with Crippen LogP contribution in [0.25, 0.3) is 0 Å². The number of aliphatic hydroxyl groups excluding tert-OH is 1. The van der Waals surface area contributed by atoms with Crippen molar-refractivity contribution in [3.63, 3.8) is 0 Å². The van der Waals surface area contributed by atoms with Crippen LogP contribution in [0.2, 0.25) is 0 Å². The number of hydrogen-bond donors (Lipinski definition) is 2. The Kier molecular flexibility index (Phi) is 10.5. The molecule has 3 aromatic carbocycles. The fraction of sp³-hybridized carbons (Fsp3) is 0.457. The van der Waals surface area contributed by atoms with Gasteiger partial charge in [-0.15, -0.1) is 0 Å². The first kappa shape index (κ1) is 30.6. The van der Waals surface area contributed by atoms with E-state index in [1.54, 1.807) is 13.8 Å². The SMILES string of the molecule is CC(C)(C(=O)O)c1ccccc1.CC(O)CCCN1CCC(C)(C(C)(c2ccccc2)c2ccccc2)CC1. The number of carboxylic acids is 1. The number of likely N-dealkylation sites (tertiary alicyclic amines) is 1. The normalized spacial score (nSPS) is 16.6. The Labute approximate surface area is 235 Å². The van der Waals surface area contributed by atoms with Crippen molar-refractivity contribution in [1.29, 1.82) is 0 Å². The summed E-state index contributed by atoms with van der Waals surface area (Å²) in [6.45, 7) is 13.6. The molecule has 210 valence electrons. The van der Waals surface area contributed by atoms with Crippen molar-refractivity contribution in [1.82, 2.24) is 4.90 Å². The summed E-state index contributed by atoms with van der Waals surface area (Å²) in [4.78, 5) is 13.4. The van der Waals surface area contributed by atoms with Gasteiger partial charge < -0.3 is 15.1 Å². The molecule has 0 aromatic heterocycles. The molecule has 1 saturated heterocycles. The monoisotopic (exact) mass is 529 g/mol. The van der Waals surface area contributed by atoms with Crippen LogP contribution in [0.15, 0.2) is 91.0 Å². The Balaban J connectivity index is 0.000000293. The average molecular weight is 530 g/mol. The van der Waals surface area contributed by atoms with E-state index in [-0.39, 0.29) is 16.9 Å². The second kappa shape index (κ2) is 13.4. The number of carboxylic acid groups (broad SMARTS) is 1. The summed E-state index contributed by atoms with van der Waals surface area (Å²) in [6, 6.07) is 31.3. The Morgan fingerprint density at radius 1 is 0.821 bits per heavy atom. The number of carbonyl (C=O) groups is 1. The van der Waals surface area contributed by atoms with E-state index in [1.807, 2.05) is 37.3 Å². The maximum absolute atomic E-state index is 10.8. The summed E-state index contributed by atoms with van der Waals surface area (Å²) in [6.07, 6.45) is 4.20. The third-order valence-electron chi connectivity index (χ3n) is 9.00. The van der Waals surface area contributed by atoms with Gasteiger partial charge in [0.1, 0.15) is 0 Å². The maximum atomic E-state index is 10.8. The largest absolute Gasteiger partial charge is 0.481 e. The van der Waals surface area contributed by atoms with Gasteiger partial charge in [0.25, 0.3) is 0 Å². The van der Waals surface area contributed by atoms with Crippen LogP contribution in [-0.2, 0) is 15.6 Å². The molecule has 1 atom stereocenters. The molecule has 1 aliphatic heterocycles. The van der Waals surface area contributed by atoms with Crippen LogP contribution in [0.1, 0.15) is 77.0 Å². The lowest BCUT2D eigenvalue weighted by Crippen LogP contribution is -2.50. The average Bonchev–Trinajstić information content (AvgIpc) is 2.95. The Morgan fingerprint density at radius 2 is 1.23 bits per heavy atom. The van der Waals surface area contributed by atoms with E-state index in [9.17, 15) is 9.90 Å². The van der Waals surface area contributed by atoms with Crippen molar-refractivity contribution < 1.29 is 15.0 Å². The minimum atomic E-state index is -0.797. The van der Waals surface area contributed by atoms with Crippen LogP contribution < -0.4 is 0 Å². The maximum Gasteiger partial charge on any atom is 0.313 e. The zero-order chi connectivity index (χ0) is 28.5. The van der Waals surface area contributed by atoms with E-state index in [0.29, 0.717) is 0 Å². The Morgan fingerprint density at radius 3 is 1.62 bits per heavy atom. The van der Waals surface area contributed by atoms with Crippen molar-refractivity contribution in [3.8, 4) is 0 Å². The van der Waals surface area contributed by atoms with Crippen molar-refractivity contribution in [2.24, 2.45) is 5.41 Å². The van der Waals surface area contributed by atoms with E-state index >= 15 is 0 Å². The third kappa shape index (κ3) is 7.38. The van der Waals surface area contributed by atoms with Crippen molar-refractivity contribution >= 4 is 5.97 Å². The molecule has 0 spiro atoms. The molecule has 4 nitrogen and oxygen atoms in total. The summed E-state index contributed by atoms with van der Waals surface area (Å²) in [5.41, 5.74) is 3.10. The lowest BCUT2D eigenvalue weighted by molar-refractivity contribution is -0.142. The molecule has 3 aromatic rings. The fourth-order valence-electron chi connectivity index (χ4n) is 5.77. The first-order valence-electron chi connectivity index (χ1n) is 14.3. The summed E-state index contributed by atoms with van der Waals surface area (Å²) in [5, 5.41) is 18.4. The predicted octanol–water partition coefficient (Wildman–Crippen LogP) is 7.30. The topological polar surface area (TPSA) is 60.8 Å². The lowest BCUT2D eigenvalue weighted by atomic mass is 9.55. The molecule has 4 heteroatoms. The molecule has 4 rings (SSSR count). The number of piperidine rings is 1. The van der Waals surface area contributed by atoms with Gasteiger partial charge in [-0.3, -0.25) is 4.79 Å². The molecule has 0 bridgehead atoms. The van der Waals surface area contributed by atoms with Crippen LogP contribution in [0.4, 0.5) is 0 Å². The van der Waals surface area contributed by atoms with Gasteiger partial charge in [0, 0.05) is 5.41 Å². The molecular weight excluding hydrogens is 482 g/mol. The van der Waals surface area contributed by atoms with Gasteiger partial charge in [0.15, 0.2) is 0 Å².